The van der Waals surface area contributed by atoms with Crippen LogP contribution >= 0.6 is 23.2 Å². The molecule has 0 spiro atoms. The largest absolute Gasteiger partial charge is 0.506 e. The third-order valence-corrected chi connectivity index (χ3v) is 6.13. The molecule has 0 atom stereocenters. The summed E-state index contributed by atoms with van der Waals surface area (Å²) in [7, 11) is 1.58. The van der Waals surface area contributed by atoms with E-state index in [2.05, 4.69) is 5.32 Å². The van der Waals surface area contributed by atoms with Crippen LogP contribution in [0.5, 0.6) is 11.5 Å². The van der Waals surface area contributed by atoms with Crippen molar-refractivity contribution in [1.82, 2.24) is 4.57 Å². The number of aryl methyl sites for hydroxylation is 1. The first-order chi connectivity index (χ1) is 16.7. The number of hydrogen-bond donors (Lipinski definition) is 2. The number of hydrogen-bond acceptors (Lipinski definition) is 5. The van der Waals surface area contributed by atoms with E-state index in [4.69, 9.17) is 27.9 Å². The summed E-state index contributed by atoms with van der Waals surface area (Å²) in [5, 5.41) is 14.5. The second-order valence-corrected chi connectivity index (χ2v) is 8.48. The Morgan fingerprint density at radius 1 is 1.00 bits per heavy atom. The van der Waals surface area contributed by atoms with Gasteiger partial charge in [0.05, 0.1) is 32.4 Å². The molecular formula is C26H20Cl2N2O5. The van der Waals surface area contributed by atoms with Gasteiger partial charge in [-0.2, -0.15) is 0 Å². The number of halogens is 2. The molecule has 0 aliphatic rings. The first-order valence-corrected chi connectivity index (χ1v) is 11.4. The molecule has 9 heteroatoms. The number of rotatable bonds is 5. The molecule has 2 N–H and O–H groups in total. The Hall–Kier alpha value is -3.81. The molecule has 0 aliphatic carbocycles. The van der Waals surface area contributed by atoms with Crippen LogP contribution in [0.2, 0.25) is 10.0 Å². The Bertz CT molecular complexity index is 1530. The summed E-state index contributed by atoms with van der Waals surface area (Å²) in [6, 6.07) is 16.1. The number of anilines is 1. The summed E-state index contributed by atoms with van der Waals surface area (Å²) < 4.78 is 6.95. The molecule has 7 nitrogen and oxygen atoms in total. The van der Waals surface area contributed by atoms with Gasteiger partial charge in [-0.3, -0.25) is 14.4 Å². The number of aromatic nitrogens is 1. The molecule has 4 aromatic rings. The van der Waals surface area contributed by atoms with Crippen LogP contribution in [0.4, 0.5) is 5.69 Å². The maximum atomic E-state index is 13.3. The maximum Gasteiger partial charge on any atom is 0.310 e. The van der Waals surface area contributed by atoms with Crippen LogP contribution in [0.3, 0.4) is 0 Å². The number of benzene rings is 3. The van der Waals surface area contributed by atoms with Gasteiger partial charge in [0.25, 0.3) is 11.5 Å². The second kappa shape index (κ2) is 9.82. The summed E-state index contributed by atoms with van der Waals surface area (Å²) >= 11 is 12.3. The quantitative estimate of drug-likeness (QED) is 0.261. The topological polar surface area (TPSA) is 97.6 Å². The standard InChI is InChI=1S/C26H20Cl2N2O5/c1-3-20(31)35-24-15(21-23(32)14-8-4-5-13-19(14)30(2)26(21)34)9-6-12-18(24)29-25(33)22-16(27)10-7-11-17(22)28/h4-13,32H,3H2,1-2H3,(H,29,33). The molecule has 0 aliphatic heterocycles. The highest BCUT2D eigenvalue weighted by molar-refractivity contribution is 6.40. The average Bonchev–Trinajstić information content (AvgIpc) is 2.84. The van der Waals surface area contributed by atoms with Gasteiger partial charge in [-0.05, 0) is 30.3 Å². The van der Waals surface area contributed by atoms with Crippen molar-refractivity contribution in [1.29, 1.82) is 0 Å². The molecule has 0 radical (unpaired) electrons. The zero-order valence-electron chi connectivity index (χ0n) is 18.8. The number of ether oxygens (including phenoxy) is 1. The van der Waals surface area contributed by atoms with Crippen LogP contribution < -0.4 is 15.6 Å². The first kappa shape index (κ1) is 24.3. The maximum absolute atomic E-state index is 13.3. The van der Waals surface area contributed by atoms with Gasteiger partial charge in [-0.15, -0.1) is 0 Å². The van der Waals surface area contributed by atoms with Crippen molar-refractivity contribution in [3.63, 3.8) is 0 Å². The van der Waals surface area contributed by atoms with Crippen LogP contribution in [-0.2, 0) is 11.8 Å². The molecule has 1 aromatic heterocycles. The van der Waals surface area contributed by atoms with Gasteiger partial charge in [0.2, 0.25) is 0 Å². The normalized spacial score (nSPS) is 10.9. The average molecular weight is 511 g/mol. The molecule has 0 saturated heterocycles. The van der Waals surface area contributed by atoms with E-state index in [0.717, 1.165) is 0 Å². The van der Waals surface area contributed by atoms with Crippen LogP contribution in [-0.4, -0.2) is 21.6 Å². The molecule has 0 bridgehead atoms. The van der Waals surface area contributed by atoms with Crippen LogP contribution in [0.1, 0.15) is 23.7 Å². The van der Waals surface area contributed by atoms with E-state index >= 15 is 0 Å². The Labute approximate surface area is 210 Å². The van der Waals surface area contributed by atoms with Crippen molar-refractivity contribution in [2.75, 3.05) is 5.32 Å². The van der Waals surface area contributed by atoms with Crippen molar-refractivity contribution < 1.29 is 19.4 Å². The number of carbonyl (C=O) groups is 2. The SMILES string of the molecule is CCC(=O)Oc1c(NC(=O)c2c(Cl)cccc2Cl)cccc1-c1c(O)c2ccccc2n(C)c1=O. The fourth-order valence-corrected chi connectivity index (χ4v) is 4.32. The lowest BCUT2D eigenvalue weighted by Crippen LogP contribution is -2.20. The summed E-state index contributed by atoms with van der Waals surface area (Å²) in [5.41, 5.74) is 0.227. The van der Waals surface area contributed by atoms with Crippen LogP contribution in [0.15, 0.2) is 65.5 Å². The Balaban J connectivity index is 1.93. The van der Waals surface area contributed by atoms with Crippen molar-refractivity contribution in [3.8, 4) is 22.6 Å². The summed E-state index contributed by atoms with van der Waals surface area (Å²) in [6.07, 6.45) is 0.0414. The van der Waals surface area contributed by atoms with Crippen LogP contribution in [0, 0.1) is 0 Å². The number of para-hydroxylation sites is 2. The number of nitrogens with one attached hydrogen (secondary N) is 1. The minimum absolute atomic E-state index is 0.0403. The highest BCUT2D eigenvalue weighted by Gasteiger charge is 2.24. The molecule has 4 rings (SSSR count). The zero-order valence-corrected chi connectivity index (χ0v) is 20.3. The Morgan fingerprint density at radius 2 is 1.66 bits per heavy atom. The van der Waals surface area contributed by atoms with E-state index in [1.54, 1.807) is 50.4 Å². The second-order valence-electron chi connectivity index (χ2n) is 7.67. The van der Waals surface area contributed by atoms with Gasteiger partial charge in [0.1, 0.15) is 5.75 Å². The lowest BCUT2D eigenvalue weighted by molar-refractivity contribution is -0.133. The molecule has 3 aromatic carbocycles. The number of amides is 1. The smallest absolute Gasteiger partial charge is 0.310 e. The lowest BCUT2D eigenvalue weighted by Gasteiger charge is -2.18. The summed E-state index contributed by atoms with van der Waals surface area (Å²) in [4.78, 5) is 38.6. The van der Waals surface area contributed by atoms with Crippen molar-refractivity contribution >= 4 is 51.7 Å². The van der Waals surface area contributed by atoms with Crippen molar-refractivity contribution in [2.45, 2.75) is 13.3 Å². The fraction of sp³-hybridized carbons (Fsp3) is 0.115. The lowest BCUT2D eigenvalue weighted by atomic mass is 10.0. The fourth-order valence-electron chi connectivity index (χ4n) is 3.75. The molecule has 35 heavy (non-hydrogen) atoms. The third-order valence-electron chi connectivity index (χ3n) is 5.50. The van der Waals surface area contributed by atoms with E-state index in [9.17, 15) is 19.5 Å². The first-order valence-electron chi connectivity index (χ1n) is 10.6. The van der Waals surface area contributed by atoms with E-state index in [0.29, 0.717) is 10.9 Å². The number of fused-ring (bicyclic) bond motifs is 1. The Kier molecular flexibility index (Phi) is 6.82. The number of esters is 1. The van der Waals surface area contributed by atoms with Gasteiger partial charge in [0.15, 0.2) is 5.75 Å². The predicted octanol–water partition coefficient (Wildman–Crippen LogP) is 5.79. The van der Waals surface area contributed by atoms with Crippen LogP contribution in [0.25, 0.3) is 22.0 Å². The number of nitrogens with zero attached hydrogens (tertiary/aromatic N) is 1. The van der Waals surface area contributed by atoms with Crippen molar-refractivity contribution in [2.24, 2.45) is 7.05 Å². The molecular weight excluding hydrogens is 491 g/mol. The number of pyridine rings is 1. The minimum atomic E-state index is -0.637. The van der Waals surface area contributed by atoms with Gasteiger partial charge < -0.3 is 19.7 Å². The van der Waals surface area contributed by atoms with Crippen molar-refractivity contribution in [3.05, 3.63) is 86.6 Å². The molecule has 178 valence electrons. The molecule has 1 heterocycles. The minimum Gasteiger partial charge on any atom is -0.506 e. The highest BCUT2D eigenvalue weighted by Crippen LogP contribution is 2.41. The van der Waals surface area contributed by atoms with E-state index < -0.39 is 17.4 Å². The van der Waals surface area contributed by atoms with E-state index in [1.807, 2.05) is 0 Å². The van der Waals surface area contributed by atoms with E-state index in [1.165, 1.54) is 28.8 Å². The summed E-state index contributed by atoms with van der Waals surface area (Å²) in [6.45, 7) is 1.61. The van der Waals surface area contributed by atoms with Gasteiger partial charge in [0, 0.05) is 24.4 Å². The molecule has 0 fully saturated rings. The molecule has 0 saturated carbocycles. The van der Waals surface area contributed by atoms with Gasteiger partial charge in [-0.1, -0.05) is 60.5 Å². The van der Waals surface area contributed by atoms with Gasteiger partial charge in [-0.25, -0.2) is 0 Å². The van der Waals surface area contributed by atoms with E-state index in [-0.39, 0.29) is 50.3 Å². The van der Waals surface area contributed by atoms with Gasteiger partial charge >= 0.3 is 5.97 Å². The number of aromatic hydroxyl groups is 1. The summed E-state index contributed by atoms with van der Waals surface area (Å²) in [5.74, 6) is -1.59. The number of carbonyl (C=O) groups excluding carboxylic acids is 2. The monoisotopic (exact) mass is 510 g/mol. The third kappa shape index (κ3) is 4.48. The zero-order chi connectivity index (χ0) is 25.3. The highest BCUT2D eigenvalue weighted by atomic mass is 35.5. The predicted molar refractivity (Wildman–Crippen MR) is 137 cm³/mol. The Morgan fingerprint density at radius 3 is 2.34 bits per heavy atom. The molecule has 1 amide bonds. The molecule has 0 unspecified atom stereocenters.